The molecule has 2 rings (SSSR count). The van der Waals surface area contributed by atoms with Crippen LogP contribution in [0.25, 0.3) is 0 Å². The number of carbonyl (C=O) groups is 1. The minimum absolute atomic E-state index is 0.0527. The largest absolute Gasteiger partial charge is 0.336 e. The molecule has 1 aromatic rings. The predicted molar refractivity (Wildman–Crippen MR) is 105 cm³/mol. The molecule has 0 aromatic heterocycles. The molecule has 1 saturated heterocycles. The number of nitriles is 1. The van der Waals surface area contributed by atoms with E-state index in [9.17, 15) is 4.79 Å². The Morgan fingerprint density at radius 3 is 2.69 bits per heavy atom. The highest BCUT2D eigenvalue weighted by molar-refractivity contribution is 5.74. The Balaban J connectivity index is 1.83. The van der Waals surface area contributed by atoms with Gasteiger partial charge in [-0.3, -0.25) is 4.90 Å². The minimum Gasteiger partial charge on any atom is -0.336 e. The fraction of sp³-hybridized carbons (Fsp3) is 0.619. The number of benzene rings is 1. The van der Waals surface area contributed by atoms with Crippen LogP contribution < -0.4 is 10.6 Å². The minimum atomic E-state index is -0.154. The van der Waals surface area contributed by atoms with Gasteiger partial charge in [0.2, 0.25) is 0 Å². The van der Waals surface area contributed by atoms with Crippen LogP contribution >= 0.6 is 0 Å². The summed E-state index contributed by atoms with van der Waals surface area (Å²) >= 11 is 0. The lowest BCUT2D eigenvalue weighted by atomic mass is 9.91. The van der Waals surface area contributed by atoms with E-state index in [4.69, 9.17) is 5.26 Å². The molecule has 1 aliphatic rings. The molecule has 2 unspecified atom stereocenters. The second kappa shape index (κ2) is 9.05. The van der Waals surface area contributed by atoms with Crippen molar-refractivity contribution in [1.82, 2.24) is 15.5 Å². The Bertz CT molecular complexity index is 632. The van der Waals surface area contributed by atoms with Crippen molar-refractivity contribution in [2.45, 2.75) is 58.5 Å². The molecule has 0 bridgehead atoms. The van der Waals surface area contributed by atoms with Gasteiger partial charge >= 0.3 is 6.03 Å². The van der Waals surface area contributed by atoms with Crippen molar-refractivity contribution >= 4 is 6.03 Å². The van der Waals surface area contributed by atoms with Crippen LogP contribution in [0.1, 0.15) is 64.1 Å². The first-order valence-corrected chi connectivity index (χ1v) is 9.65. The fourth-order valence-corrected chi connectivity index (χ4v) is 3.53. The molecule has 1 fully saturated rings. The number of nitrogens with zero attached hydrogens (tertiary/aromatic N) is 2. The number of carbonyl (C=O) groups excluding carboxylic acids is 1. The molecule has 2 amide bonds. The van der Waals surface area contributed by atoms with E-state index < -0.39 is 0 Å². The molecule has 0 spiro atoms. The van der Waals surface area contributed by atoms with E-state index in [0.29, 0.717) is 12.1 Å². The molecule has 0 saturated carbocycles. The van der Waals surface area contributed by atoms with Crippen LogP contribution in [0.5, 0.6) is 0 Å². The van der Waals surface area contributed by atoms with Crippen molar-refractivity contribution in [3.63, 3.8) is 0 Å². The average Bonchev–Trinajstić information content (AvgIpc) is 2.66. The first kappa shape index (κ1) is 20.3. The van der Waals surface area contributed by atoms with Gasteiger partial charge in [0, 0.05) is 18.6 Å². The molecule has 26 heavy (non-hydrogen) atoms. The number of hydrogen-bond donors (Lipinski definition) is 2. The lowest BCUT2D eigenvalue weighted by molar-refractivity contribution is 0.0665. The van der Waals surface area contributed by atoms with Gasteiger partial charge in [0.15, 0.2) is 0 Å². The van der Waals surface area contributed by atoms with Gasteiger partial charge in [0.1, 0.15) is 0 Å². The van der Waals surface area contributed by atoms with E-state index in [-0.39, 0.29) is 17.6 Å². The van der Waals surface area contributed by atoms with Crippen molar-refractivity contribution in [1.29, 1.82) is 5.26 Å². The second-order valence-corrected chi connectivity index (χ2v) is 7.96. The van der Waals surface area contributed by atoms with Gasteiger partial charge in [-0.25, -0.2) is 4.79 Å². The van der Waals surface area contributed by atoms with Crippen LogP contribution in [0, 0.1) is 17.2 Å². The van der Waals surface area contributed by atoms with Gasteiger partial charge in [0.05, 0.1) is 17.7 Å². The lowest BCUT2D eigenvalue weighted by Crippen LogP contribution is -2.55. The van der Waals surface area contributed by atoms with Crippen LogP contribution in [-0.4, -0.2) is 36.1 Å². The van der Waals surface area contributed by atoms with Gasteiger partial charge in [-0.15, -0.1) is 0 Å². The topological polar surface area (TPSA) is 68.2 Å². The summed E-state index contributed by atoms with van der Waals surface area (Å²) in [6.07, 6.45) is 3.78. The van der Waals surface area contributed by atoms with E-state index >= 15 is 0 Å². The van der Waals surface area contributed by atoms with Gasteiger partial charge in [-0.1, -0.05) is 25.5 Å². The number of nitrogens with one attached hydrogen (secondary N) is 2. The van der Waals surface area contributed by atoms with Crippen molar-refractivity contribution in [2.75, 3.05) is 19.6 Å². The standard InChI is InChI=1S/C21H32N4O/c1-5-17-7-6-12-25(14-17)21(3,4)15-23-20(26)24-16(2)19-10-8-18(13-22)9-11-19/h8-11,16-17H,5-7,12,14-15H2,1-4H3,(H2,23,24,26). The molecule has 1 aromatic carbocycles. The second-order valence-electron chi connectivity index (χ2n) is 7.96. The Labute approximate surface area is 157 Å². The summed E-state index contributed by atoms with van der Waals surface area (Å²) in [5, 5.41) is 14.9. The summed E-state index contributed by atoms with van der Waals surface area (Å²) in [4.78, 5) is 14.8. The molecule has 2 atom stereocenters. The first-order chi connectivity index (χ1) is 12.4. The molecule has 0 radical (unpaired) electrons. The molecular weight excluding hydrogens is 324 g/mol. The number of amides is 2. The molecule has 5 nitrogen and oxygen atoms in total. The summed E-state index contributed by atoms with van der Waals surface area (Å²) < 4.78 is 0. The van der Waals surface area contributed by atoms with Crippen LogP contribution in [0.4, 0.5) is 4.79 Å². The van der Waals surface area contributed by atoms with E-state index in [0.717, 1.165) is 24.6 Å². The normalized spacial score (nSPS) is 19.4. The van der Waals surface area contributed by atoms with Crippen LogP contribution in [0.15, 0.2) is 24.3 Å². The number of urea groups is 1. The first-order valence-electron chi connectivity index (χ1n) is 9.65. The highest BCUT2D eigenvalue weighted by atomic mass is 16.2. The Morgan fingerprint density at radius 2 is 2.08 bits per heavy atom. The van der Waals surface area contributed by atoms with Gasteiger partial charge < -0.3 is 10.6 Å². The SMILES string of the molecule is CCC1CCCN(C(C)(C)CNC(=O)NC(C)c2ccc(C#N)cc2)C1. The quantitative estimate of drug-likeness (QED) is 0.814. The Hall–Kier alpha value is -2.06. The third-order valence-corrected chi connectivity index (χ3v) is 5.52. The van der Waals surface area contributed by atoms with Crippen molar-refractivity contribution < 1.29 is 4.79 Å². The molecule has 142 valence electrons. The van der Waals surface area contributed by atoms with Crippen molar-refractivity contribution in [2.24, 2.45) is 5.92 Å². The summed E-state index contributed by atoms with van der Waals surface area (Å²) in [5.41, 5.74) is 1.56. The van der Waals surface area contributed by atoms with E-state index in [1.54, 1.807) is 12.1 Å². The lowest BCUT2D eigenvalue weighted by Gasteiger charge is -2.43. The van der Waals surface area contributed by atoms with Crippen LogP contribution in [0.2, 0.25) is 0 Å². The number of piperidine rings is 1. The average molecular weight is 357 g/mol. The smallest absolute Gasteiger partial charge is 0.315 e. The highest BCUT2D eigenvalue weighted by Crippen LogP contribution is 2.25. The zero-order chi connectivity index (χ0) is 19.2. The summed E-state index contributed by atoms with van der Waals surface area (Å²) in [7, 11) is 0. The van der Waals surface area contributed by atoms with E-state index in [2.05, 4.69) is 42.4 Å². The summed E-state index contributed by atoms with van der Waals surface area (Å²) in [5.74, 6) is 0.772. The highest BCUT2D eigenvalue weighted by Gasteiger charge is 2.31. The van der Waals surface area contributed by atoms with Gasteiger partial charge in [-0.2, -0.15) is 5.26 Å². The molecule has 0 aliphatic carbocycles. The fourth-order valence-electron chi connectivity index (χ4n) is 3.53. The molecule has 2 N–H and O–H groups in total. The van der Waals surface area contributed by atoms with Crippen LogP contribution in [0.3, 0.4) is 0 Å². The van der Waals surface area contributed by atoms with Crippen LogP contribution in [-0.2, 0) is 0 Å². The third kappa shape index (κ3) is 5.47. The molecule has 5 heteroatoms. The number of hydrogen-bond acceptors (Lipinski definition) is 3. The monoisotopic (exact) mass is 356 g/mol. The molecule has 1 aliphatic heterocycles. The van der Waals surface area contributed by atoms with E-state index in [1.165, 1.54) is 19.3 Å². The van der Waals surface area contributed by atoms with Gasteiger partial charge in [0.25, 0.3) is 0 Å². The Kier molecular flexibility index (Phi) is 7.05. The zero-order valence-corrected chi connectivity index (χ0v) is 16.5. The summed E-state index contributed by atoms with van der Waals surface area (Å²) in [6.45, 7) is 11.5. The Morgan fingerprint density at radius 1 is 1.38 bits per heavy atom. The van der Waals surface area contributed by atoms with E-state index in [1.807, 2.05) is 19.1 Å². The van der Waals surface area contributed by atoms with Crippen molar-refractivity contribution in [3.05, 3.63) is 35.4 Å². The molecule has 1 heterocycles. The predicted octanol–water partition coefficient (Wildman–Crippen LogP) is 3.82. The maximum absolute atomic E-state index is 12.3. The van der Waals surface area contributed by atoms with Gasteiger partial charge in [-0.05, 0) is 63.8 Å². The number of rotatable bonds is 6. The maximum Gasteiger partial charge on any atom is 0.315 e. The maximum atomic E-state index is 12.3. The van der Waals surface area contributed by atoms with Crippen molar-refractivity contribution in [3.8, 4) is 6.07 Å². The summed E-state index contributed by atoms with van der Waals surface area (Å²) in [6, 6.07) is 9.15. The third-order valence-electron chi connectivity index (χ3n) is 5.52. The molecular formula is C21H32N4O. The zero-order valence-electron chi connectivity index (χ0n) is 16.5. The number of likely N-dealkylation sites (tertiary alicyclic amines) is 1.